The van der Waals surface area contributed by atoms with Crippen LogP contribution >= 0.6 is 0 Å². The van der Waals surface area contributed by atoms with Gasteiger partial charge in [0.15, 0.2) is 0 Å². The molecule has 1 unspecified atom stereocenters. The predicted octanol–water partition coefficient (Wildman–Crippen LogP) is 4.51. The van der Waals surface area contributed by atoms with E-state index < -0.39 is 0 Å². The summed E-state index contributed by atoms with van der Waals surface area (Å²) in [5, 5.41) is 0. The minimum absolute atomic E-state index is 0.0826. The molecule has 4 rings (SSSR count). The molecule has 2 aromatic rings. The van der Waals surface area contributed by atoms with Crippen LogP contribution in [0.25, 0.3) is 0 Å². The molecule has 2 aromatic carbocycles. The summed E-state index contributed by atoms with van der Waals surface area (Å²) in [5.74, 6) is 0.0538. The van der Waals surface area contributed by atoms with Crippen molar-refractivity contribution in [2.24, 2.45) is 0 Å². The number of fused-ring (bicyclic) bond motifs is 5. The Morgan fingerprint density at radius 1 is 1.05 bits per heavy atom. The van der Waals surface area contributed by atoms with Crippen LogP contribution in [0.2, 0.25) is 0 Å². The van der Waals surface area contributed by atoms with Crippen molar-refractivity contribution in [3.63, 3.8) is 0 Å². The molecule has 1 fully saturated rings. The van der Waals surface area contributed by atoms with Gasteiger partial charge in [-0.25, -0.2) is 4.39 Å². The van der Waals surface area contributed by atoms with Crippen molar-refractivity contribution in [3.05, 3.63) is 70.5 Å². The number of methoxy groups -OCH3 is 1. The maximum Gasteiger partial charge on any atom is 0.123 e. The number of rotatable bonds is 1. The maximum absolute atomic E-state index is 13.8. The third kappa shape index (κ3) is 2.08. The molecule has 0 bridgehead atoms. The summed E-state index contributed by atoms with van der Waals surface area (Å²) < 4.78 is 25.7. The second-order valence-electron chi connectivity index (χ2n) is 6.06. The quantitative estimate of drug-likeness (QED) is 0.771. The molecule has 22 heavy (non-hydrogen) atoms. The Labute approximate surface area is 129 Å². The van der Waals surface area contributed by atoms with Gasteiger partial charge in [-0.1, -0.05) is 30.3 Å². The standard InChI is InChI=1S/C19H19FO2/c1-21-18-14-6-3-2-5-13(14)15-7-4-10-22-19(15)17-11-12(20)8-9-16(17)18/h2-3,5-6,8-9,11,15,18-19H,4,7,10H2,1H3/t15-,18?,19-/m1/s1. The molecule has 1 heterocycles. The zero-order valence-electron chi connectivity index (χ0n) is 12.6. The average Bonchev–Trinajstić information content (AvgIpc) is 2.68. The summed E-state index contributed by atoms with van der Waals surface area (Å²) >= 11 is 0. The highest BCUT2D eigenvalue weighted by Crippen LogP contribution is 2.49. The lowest BCUT2D eigenvalue weighted by atomic mass is 9.84. The van der Waals surface area contributed by atoms with E-state index in [2.05, 4.69) is 18.2 Å². The average molecular weight is 298 g/mol. The van der Waals surface area contributed by atoms with Crippen LogP contribution in [0.1, 0.15) is 53.2 Å². The molecule has 114 valence electrons. The summed E-state index contributed by atoms with van der Waals surface area (Å²) in [5.41, 5.74) is 4.41. The van der Waals surface area contributed by atoms with Crippen molar-refractivity contribution in [2.45, 2.75) is 31.0 Å². The lowest BCUT2D eigenvalue weighted by molar-refractivity contribution is -0.00241. The molecule has 1 aliphatic heterocycles. The Morgan fingerprint density at radius 3 is 2.64 bits per heavy atom. The van der Waals surface area contributed by atoms with E-state index in [1.165, 1.54) is 17.2 Å². The van der Waals surface area contributed by atoms with Gasteiger partial charge in [-0.3, -0.25) is 0 Å². The van der Waals surface area contributed by atoms with E-state index in [1.807, 2.05) is 12.1 Å². The SMILES string of the molecule is COC1c2ccccc2[C@H]2CCCO[C@H]2c2cc(F)ccc21. The number of ether oxygens (including phenoxy) is 2. The van der Waals surface area contributed by atoms with Crippen molar-refractivity contribution >= 4 is 0 Å². The van der Waals surface area contributed by atoms with E-state index in [4.69, 9.17) is 9.47 Å². The van der Waals surface area contributed by atoms with Crippen molar-refractivity contribution in [1.29, 1.82) is 0 Å². The maximum atomic E-state index is 13.8. The number of hydrogen-bond donors (Lipinski definition) is 0. The fourth-order valence-corrected chi connectivity index (χ4v) is 3.95. The molecular weight excluding hydrogens is 279 g/mol. The summed E-state index contributed by atoms with van der Waals surface area (Å²) in [7, 11) is 1.71. The predicted molar refractivity (Wildman–Crippen MR) is 82.4 cm³/mol. The van der Waals surface area contributed by atoms with Gasteiger partial charge in [-0.2, -0.15) is 0 Å². The first-order chi connectivity index (χ1) is 10.8. The second kappa shape index (κ2) is 5.49. The molecule has 2 aliphatic rings. The minimum Gasteiger partial charge on any atom is -0.373 e. The second-order valence-corrected chi connectivity index (χ2v) is 6.06. The first kappa shape index (κ1) is 13.9. The fraction of sp³-hybridized carbons (Fsp3) is 0.368. The summed E-state index contributed by atoms with van der Waals surface area (Å²) in [6, 6.07) is 13.4. The zero-order valence-corrected chi connectivity index (χ0v) is 12.6. The van der Waals surface area contributed by atoms with Crippen LogP contribution in [0.15, 0.2) is 42.5 Å². The molecule has 1 aliphatic carbocycles. The van der Waals surface area contributed by atoms with Crippen LogP contribution in [-0.2, 0) is 9.47 Å². The Kier molecular flexibility index (Phi) is 3.47. The lowest BCUT2D eigenvalue weighted by Gasteiger charge is -2.32. The molecule has 3 atom stereocenters. The normalized spacial score (nSPS) is 26.5. The molecule has 1 saturated heterocycles. The molecule has 2 nitrogen and oxygen atoms in total. The van der Waals surface area contributed by atoms with Gasteiger partial charge < -0.3 is 9.47 Å². The third-order valence-electron chi connectivity index (χ3n) is 4.87. The van der Waals surface area contributed by atoms with Gasteiger partial charge in [-0.15, -0.1) is 0 Å². The third-order valence-corrected chi connectivity index (χ3v) is 4.87. The van der Waals surface area contributed by atoms with Gasteiger partial charge in [-0.05, 0) is 47.2 Å². The van der Waals surface area contributed by atoms with Crippen molar-refractivity contribution in [2.75, 3.05) is 13.7 Å². The van der Waals surface area contributed by atoms with E-state index in [-0.39, 0.29) is 23.9 Å². The molecular formula is C19H19FO2. The lowest BCUT2D eigenvalue weighted by Crippen LogP contribution is -2.21. The van der Waals surface area contributed by atoms with Gasteiger partial charge in [0.05, 0.1) is 6.10 Å². The Morgan fingerprint density at radius 2 is 1.82 bits per heavy atom. The highest BCUT2D eigenvalue weighted by molar-refractivity contribution is 5.47. The van der Waals surface area contributed by atoms with E-state index in [1.54, 1.807) is 13.2 Å². The minimum atomic E-state index is -0.215. The van der Waals surface area contributed by atoms with Crippen LogP contribution in [0, 0.1) is 5.82 Å². The largest absolute Gasteiger partial charge is 0.373 e. The first-order valence-corrected chi connectivity index (χ1v) is 7.82. The van der Waals surface area contributed by atoms with Gasteiger partial charge in [0.2, 0.25) is 0 Å². The Balaban J connectivity index is 1.98. The van der Waals surface area contributed by atoms with Crippen LogP contribution in [0.3, 0.4) is 0 Å². The zero-order chi connectivity index (χ0) is 15.1. The van der Waals surface area contributed by atoms with Crippen molar-refractivity contribution < 1.29 is 13.9 Å². The van der Waals surface area contributed by atoms with Crippen LogP contribution in [-0.4, -0.2) is 13.7 Å². The van der Waals surface area contributed by atoms with Crippen LogP contribution in [0.5, 0.6) is 0 Å². The topological polar surface area (TPSA) is 18.5 Å². The van der Waals surface area contributed by atoms with Crippen LogP contribution < -0.4 is 0 Å². The van der Waals surface area contributed by atoms with Crippen LogP contribution in [0.4, 0.5) is 4.39 Å². The van der Waals surface area contributed by atoms with E-state index >= 15 is 0 Å². The Hall–Kier alpha value is -1.71. The summed E-state index contributed by atoms with van der Waals surface area (Å²) in [6.07, 6.45) is 1.85. The molecule has 0 aromatic heterocycles. The summed E-state index contributed by atoms with van der Waals surface area (Å²) in [6.45, 7) is 0.733. The van der Waals surface area contributed by atoms with Gasteiger partial charge in [0.25, 0.3) is 0 Å². The van der Waals surface area contributed by atoms with E-state index in [9.17, 15) is 4.39 Å². The molecule has 0 saturated carbocycles. The summed E-state index contributed by atoms with van der Waals surface area (Å²) in [4.78, 5) is 0. The molecule has 0 N–H and O–H groups in total. The molecule has 0 radical (unpaired) electrons. The number of hydrogen-bond acceptors (Lipinski definition) is 2. The van der Waals surface area contributed by atoms with Gasteiger partial charge >= 0.3 is 0 Å². The highest BCUT2D eigenvalue weighted by Gasteiger charge is 2.37. The Bertz CT molecular complexity index is 698. The molecule has 3 heteroatoms. The van der Waals surface area contributed by atoms with Crippen molar-refractivity contribution in [3.8, 4) is 0 Å². The number of benzene rings is 2. The number of halogens is 1. The molecule has 0 spiro atoms. The first-order valence-electron chi connectivity index (χ1n) is 7.82. The van der Waals surface area contributed by atoms with Gasteiger partial charge in [0.1, 0.15) is 11.9 Å². The monoisotopic (exact) mass is 298 g/mol. The highest BCUT2D eigenvalue weighted by atomic mass is 19.1. The smallest absolute Gasteiger partial charge is 0.123 e. The van der Waals surface area contributed by atoms with E-state index in [0.29, 0.717) is 0 Å². The fourth-order valence-electron chi connectivity index (χ4n) is 3.95. The van der Waals surface area contributed by atoms with Crippen molar-refractivity contribution in [1.82, 2.24) is 0 Å². The van der Waals surface area contributed by atoms with E-state index in [0.717, 1.165) is 30.6 Å². The molecule has 0 amide bonds. The van der Waals surface area contributed by atoms with Gasteiger partial charge in [0, 0.05) is 19.6 Å².